The summed E-state index contributed by atoms with van der Waals surface area (Å²) < 4.78 is 15.7. The van der Waals surface area contributed by atoms with Crippen molar-refractivity contribution in [2.75, 3.05) is 20.8 Å². The third kappa shape index (κ3) is 4.25. The molecule has 9 heavy (non-hydrogen) atoms. The van der Waals surface area contributed by atoms with Crippen LogP contribution in [0, 0.1) is 0 Å². The van der Waals surface area contributed by atoms with Gasteiger partial charge in [0.05, 0.1) is 0 Å². The van der Waals surface area contributed by atoms with Crippen LogP contribution in [-0.2, 0) is 9.09 Å². The molecule has 0 aliphatic rings. The van der Waals surface area contributed by atoms with Crippen LogP contribution in [0.25, 0.3) is 0 Å². The van der Waals surface area contributed by atoms with Crippen molar-refractivity contribution in [3.05, 3.63) is 12.0 Å². The van der Waals surface area contributed by atoms with E-state index < -0.39 is 7.37 Å². The Morgan fingerprint density at radius 2 is 2.22 bits per heavy atom. The summed E-state index contributed by atoms with van der Waals surface area (Å²) in [5, 5.41) is 2.73. The number of hydrogen-bond acceptors (Lipinski definition) is 3. The van der Waals surface area contributed by atoms with Crippen LogP contribution in [0.5, 0.6) is 0 Å². The predicted molar refractivity (Wildman–Crippen MR) is 38.7 cm³/mol. The van der Waals surface area contributed by atoms with E-state index in [9.17, 15) is 4.57 Å². The topological polar surface area (TPSA) is 38.3 Å². The molecule has 1 unspecified atom stereocenters. The highest BCUT2D eigenvalue weighted by Gasteiger charge is 2.05. The maximum absolute atomic E-state index is 11.0. The van der Waals surface area contributed by atoms with Crippen LogP contribution < -0.4 is 5.32 Å². The Balaban J connectivity index is 3.86. The monoisotopic (exact) mass is 149 g/mol. The van der Waals surface area contributed by atoms with E-state index in [1.54, 1.807) is 19.9 Å². The minimum absolute atomic E-state index is 1.43. The molecule has 54 valence electrons. The smallest absolute Gasteiger partial charge is 0.223 e. The first-order valence-corrected chi connectivity index (χ1v) is 4.74. The van der Waals surface area contributed by atoms with Crippen molar-refractivity contribution in [1.29, 1.82) is 0 Å². The number of hydrogen-bond donors (Lipinski definition) is 1. The maximum atomic E-state index is 11.0. The molecule has 0 radical (unpaired) electrons. The van der Waals surface area contributed by atoms with E-state index in [0.29, 0.717) is 0 Å². The van der Waals surface area contributed by atoms with Crippen LogP contribution in [-0.4, -0.2) is 20.8 Å². The summed E-state index contributed by atoms with van der Waals surface area (Å²) in [5.74, 6) is 1.52. The largest absolute Gasteiger partial charge is 0.394 e. The molecule has 1 N–H and O–H groups in total. The average molecular weight is 149 g/mol. The Bertz CT molecular complexity index is 144. The molecule has 0 heterocycles. The van der Waals surface area contributed by atoms with Crippen LogP contribution in [0.1, 0.15) is 0 Å². The second-order valence-electron chi connectivity index (χ2n) is 1.70. The van der Waals surface area contributed by atoms with E-state index >= 15 is 0 Å². The highest BCUT2D eigenvalue weighted by molar-refractivity contribution is 7.61. The van der Waals surface area contributed by atoms with Crippen LogP contribution in [0.15, 0.2) is 12.0 Å². The lowest BCUT2D eigenvalue weighted by Crippen LogP contribution is -1.91. The van der Waals surface area contributed by atoms with Crippen molar-refractivity contribution >= 4 is 7.37 Å². The zero-order valence-electron chi connectivity index (χ0n) is 5.92. The van der Waals surface area contributed by atoms with E-state index in [2.05, 4.69) is 9.84 Å². The highest BCUT2D eigenvalue weighted by atomic mass is 31.2. The van der Waals surface area contributed by atoms with E-state index in [4.69, 9.17) is 0 Å². The quantitative estimate of drug-likeness (QED) is 0.613. The Hall–Kier alpha value is -0.270. The molecule has 3 nitrogen and oxygen atoms in total. The summed E-state index contributed by atoms with van der Waals surface area (Å²) in [5.41, 5.74) is 0. The van der Waals surface area contributed by atoms with E-state index in [1.165, 1.54) is 12.9 Å². The lowest BCUT2D eigenvalue weighted by atomic mass is 11.0. The van der Waals surface area contributed by atoms with Gasteiger partial charge in [0.1, 0.15) is 0 Å². The van der Waals surface area contributed by atoms with Gasteiger partial charge in [-0.15, -0.1) is 0 Å². The van der Waals surface area contributed by atoms with Crippen LogP contribution in [0.3, 0.4) is 0 Å². The fourth-order valence-electron chi connectivity index (χ4n) is 0.271. The first-order valence-electron chi connectivity index (χ1n) is 2.60. The summed E-state index contributed by atoms with van der Waals surface area (Å²) in [6.45, 7) is 1.56. The van der Waals surface area contributed by atoms with Gasteiger partial charge in [-0.25, -0.2) is 0 Å². The third-order valence-electron chi connectivity index (χ3n) is 0.875. The van der Waals surface area contributed by atoms with Crippen molar-refractivity contribution in [3.63, 3.8) is 0 Å². The lowest BCUT2D eigenvalue weighted by molar-refractivity contribution is 0.407. The second kappa shape index (κ2) is 3.70. The molecule has 1 atom stereocenters. The number of rotatable bonds is 3. The Morgan fingerprint density at radius 1 is 1.67 bits per heavy atom. The summed E-state index contributed by atoms with van der Waals surface area (Å²) in [7, 11) is 0.741. The zero-order chi connectivity index (χ0) is 7.33. The molecule has 0 saturated carbocycles. The van der Waals surface area contributed by atoms with Crippen LogP contribution in [0.2, 0.25) is 0 Å². The molecule has 0 spiro atoms. The van der Waals surface area contributed by atoms with Crippen LogP contribution >= 0.6 is 7.37 Å². The summed E-state index contributed by atoms with van der Waals surface area (Å²) >= 11 is 0. The summed E-state index contributed by atoms with van der Waals surface area (Å²) in [6.07, 6.45) is 1.60. The third-order valence-corrected chi connectivity index (χ3v) is 2.29. The molecular formula is C5H12NO2P. The standard InChI is InChI=1S/C5H12NO2P/c1-6-4-5-9(3,7)8-2/h4-6H,1-3H3/b5-4+. The molecule has 0 aromatic heterocycles. The normalized spacial score (nSPS) is 17.7. The summed E-state index contributed by atoms with van der Waals surface area (Å²) in [4.78, 5) is 0. The highest BCUT2D eigenvalue weighted by Crippen LogP contribution is 2.42. The Morgan fingerprint density at radius 3 is 2.56 bits per heavy atom. The van der Waals surface area contributed by atoms with Gasteiger partial charge in [0.2, 0.25) is 7.37 Å². The molecule has 0 rings (SSSR count). The first kappa shape index (κ1) is 8.73. The minimum Gasteiger partial charge on any atom is -0.394 e. The SMILES string of the molecule is CN/C=C/P(C)(=O)OC. The molecule has 0 bridgehead atoms. The Kier molecular flexibility index (Phi) is 3.59. The van der Waals surface area contributed by atoms with Crippen molar-refractivity contribution in [2.24, 2.45) is 0 Å². The predicted octanol–water partition coefficient (Wildman–Crippen LogP) is 1.23. The minimum atomic E-state index is -2.43. The molecule has 0 aromatic carbocycles. The fourth-order valence-corrected chi connectivity index (χ4v) is 0.812. The van der Waals surface area contributed by atoms with Gasteiger partial charge < -0.3 is 9.84 Å². The first-order chi connectivity index (χ1) is 4.12. The molecule has 0 amide bonds. The molecule has 4 heteroatoms. The second-order valence-corrected chi connectivity index (χ2v) is 4.18. The van der Waals surface area contributed by atoms with Crippen molar-refractivity contribution in [2.45, 2.75) is 0 Å². The van der Waals surface area contributed by atoms with Gasteiger partial charge in [-0.2, -0.15) is 0 Å². The fraction of sp³-hybridized carbons (Fsp3) is 0.600. The molecule has 0 aliphatic heterocycles. The van der Waals surface area contributed by atoms with Gasteiger partial charge in [0.25, 0.3) is 0 Å². The molecular weight excluding hydrogens is 137 g/mol. The van der Waals surface area contributed by atoms with Crippen molar-refractivity contribution < 1.29 is 9.09 Å². The van der Waals surface area contributed by atoms with Gasteiger partial charge in [0.15, 0.2) is 0 Å². The van der Waals surface area contributed by atoms with Gasteiger partial charge in [-0.05, 0) is 0 Å². The number of nitrogens with one attached hydrogen (secondary N) is 1. The van der Waals surface area contributed by atoms with Gasteiger partial charge >= 0.3 is 0 Å². The van der Waals surface area contributed by atoms with Gasteiger partial charge in [-0.3, -0.25) is 4.57 Å². The summed E-state index contributed by atoms with van der Waals surface area (Å²) in [6, 6.07) is 0. The lowest BCUT2D eigenvalue weighted by Gasteiger charge is -2.02. The zero-order valence-corrected chi connectivity index (χ0v) is 6.81. The van der Waals surface area contributed by atoms with Crippen molar-refractivity contribution in [3.8, 4) is 0 Å². The van der Waals surface area contributed by atoms with Crippen LogP contribution in [0.4, 0.5) is 0 Å². The van der Waals surface area contributed by atoms with Gasteiger partial charge in [-0.1, -0.05) is 0 Å². The average Bonchev–Trinajstić information content (AvgIpc) is 1.84. The Labute approximate surface area is 55.5 Å². The van der Waals surface area contributed by atoms with Crippen molar-refractivity contribution in [1.82, 2.24) is 5.32 Å². The van der Waals surface area contributed by atoms with Gasteiger partial charge in [0, 0.05) is 32.8 Å². The van der Waals surface area contributed by atoms with E-state index in [0.717, 1.165) is 0 Å². The van der Waals surface area contributed by atoms with E-state index in [-0.39, 0.29) is 0 Å². The molecule has 0 aliphatic carbocycles. The molecule has 0 aromatic rings. The molecule has 0 saturated heterocycles. The maximum Gasteiger partial charge on any atom is 0.223 e. The molecule has 0 fully saturated rings. The van der Waals surface area contributed by atoms with E-state index in [1.807, 2.05) is 0 Å².